The average molecular weight is 325 g/mol. The predicted molar refractivity (Wildman–Crippen MR) is 86.2 cm³/mol. The zero-order valence-corrected chi connectivity index (χ0v) is 13.3. The van der Waals surface area contributed by atoms with E-state index in [0.717, 1.165) is 51.4 Å². The predicted octanol–water partition coefficient (Wildman–Crippen LogP) is 1.73. The number of nitro benzene ring substituents is 1. The third-order valence-corrected chi connectivity index (χ3v) is 4.89. The molecule has 1 aromatic rings. The SMILES string of the molecule is O=[N+]([O-])c1cc(CN2CCN(C3CCNC3)CC2)ccc1Cl. The zero-order valence-electron chi connectivity index (χ0n) is 12.5. The molecule has 22 heavy (non-hydrogen) atoms. The van der Waals surface area contributed by atoms with Crippen LogP contribution in [0.2, 0.25) is 5.02 Å². The largest absolute Gasteiger partial charge is 0.315 e. The average Bonchev–Trinajstić information content (AvgIpc) is 3.04. The maximum atomic E-state index is 11.0. The molecule has 0 aliphatic carbocycles. The Bertz CT molecular complexity index is 540. The standard InChI is InChI=1S/C15H21ClN4O2/c16-14-2-1-12(9-15(14)20(21)22)11-18-5-7-19(8-6-18)13-3-4-17-10-13/h1-2,9,13,17H,3-8,10-11H2. The van der Waals surface area contributed by atoms with Crippen molar-refractivity contribution in [2.45, 2.75) is 19.0 Å². The second-order valence-electron chi connectivity index (χ2n) is 6.00. The topological polar surface area (TPSA) is 61.7 Å². The van der Waals surface area contributed by atoms with E-state index in [-0.39, 0.29) is 10.7 Å². The molecule has 2 heterocycles. The van der Waals surface area contributed by atoms with Gasteiger partial charge in [-0.25, -0.2) is 0 Å². The quantitative estimate of drug-likeness (QED) is 0.675. The minimum atomic E-state index is -0.420. The summed E-state index contributed by atoms with van der Waals surface area (Å²) in [6.45, 7) is 7.13. The minimum Gasteiger partial charge on any atom is -0.315 e. The highest BCUT2D eigenvalue weighted by Crippen LogP contribution is 2.26. The molecule has 1 unspecified atom stereocenters. The summed E-state index contributed by atoms with van der Waals surface area (Å²) in [6.07, 6.45) is 1.24. The van der Waals surface area contributed by atoms with Crippen molar-refractivity contribution in [1.29, 1.82) is 0 Å². The Kier molecular flexibility index (Phi) is 4.93. The molecule has 2 fully saturated rings. The van der Waals surface area contributed by atoms with Gasteiger partial charge in [0, 0.05) is 51.4 Å². The number of benzene rings is 1. The summed E-state index contributed by atoms with van der Waals surface area (Å²) in [5.74, 6) is 0. The molecule has 2 aliphatic heterocycles. The van der Waals surface area contributed by atoms with Gasteiger partial charge in [-0.15, -0.1) is 0 Å². The summed E-state index contributed by atoms with van der Waals surface area (Å²) in [5, 5.41) is 14.6. The van der Waals surface area contributed by atoms with E-state index < -0.39 is 4.92 Å². The zero-order chi connectivity index (χ0) is 15.5. The van der Waals surface area contributed by atoms with E-state index in [1.165, 1.54) is 6.42 Å². The molecule has 1 aromatic carbocycles. The fraction of sp³-hybridized carbons (Fsp3) is 0.600. The van der Waals surface area contributed by atoms with E-state index in [4.69, 9.17) is 11.6 Å². The highest BCUT2D eigenvalue weighted by atomic mass is 35.5. The van der Waals surface area contributed by atoms with Crippen molar-refractivity contribution in [1.82, 2.24) is 15.1 Å². The number of nitro groups is 1. The number of nitrogens with one attached hydrogen (secondary N) is 1. The normalized spacial score (nSPS) is 23.8. The fourth-order valence-corrected chi connectivity index (χ4v) is 3.48. The van der Waals surface area contributed by atoms with Crippen molar-refractivity contribution < 1.29 is 4.92 Å². The second kappa shape index (κ2) is 6.91. The minimum absolute atomic E-state index is 0.00478. The molecule has 3 rings (SSSR count). The van der Waals surface area contributed by atoms with Gasteiger partial charge in [0.25, 0.3) is 5.69 Å². The number of piperazine rings is 1. The van der Waals surface area contributed by atoms with E-state index in [1.807, 2.05) is 6.07 Å². The van der Waals surface area contributed by atoms with Gasteiger partial charge >= 0.3 is 0 Å². The van der Waals surface area contributed by atoms with E-state index in [1.54, 1.807) is 12.1 Å². The highest BCUT2D eigenvalue weighted by Gasteiger charge is 2.26. The van der Waals surface area contributed by atoms with Crippen LogP contribution in [-0.2, 0) is 6.54 Å². The van der Waals surface area contributed by atoms with Crippen LogP contribution >= 0.6 is 11.6 Å². The molecule has 2 saturated heterocycles. The smallest absolute Gasteiger partial charge is 0.288 e. The van der Waals surface area contributed by atoms with Gasteiger partial charge in [-0.2, -0.15) is 0 Å². The summed E-state index contributed by atoms with van der Waals surface area (Å²) in [7, 11) is 0. The first-order valence-electron chi connectivity index (χ1n) is 7.73. The number of nitrogens with zero attached hydrogens (tertiary/aromatic N) is 3. The molecule has 0 aromatic heterocycles. The molecule has 1 atom stereocenters. The Morgan fingerprint density at radius 3 is 2.73 bits per heavy atom. The number of hydrogen-bond acceptors (Lipinski definition) is 5. The Hall–Kier alpha value is -1.21. The van der Waals surface area contributed by atoms with E-state index in [0.29, 0.717) is 6.04 Å². The lowest BCUT2D eigenvalue weighted by Gasteiger charge is -2.37. The third kappa shape index (κ3) is 3.57. The first kappa shape index (κ1) is 15.7. The monoisotopic (exact) mass is 324 g/mol. The first-order chi connectivity index (χ1) is 10.6. The van der Waals surface area contributed by atoms with Crippen molar-refractivity contribution in [3.63, 3.8) is 0 Å². The van der Waals surface area contributed by atoms with Gasteiger partial charge in [-0.05, 0) is 24.6 Å². The molecule has 0 bridgehead atoms. The molecule has 1 N–H and O–H groups in total. The van der Waals surface area contributed by atoms with Crippen LogP contribution in [0.4, 0.5) is 5.69 Å². The summed E-state index contributed by atoms with van der Waals surface area (Å²) in [4.78, 5) is 15.4. The van der Waals surface area contributed by atoms with E-state index >= 15 is 0 Å². The van der Waals surface area contributed by atoms with E-state index in [2.05, 4.69) is 15.1 Å². The van der Waals surface area contributed by atoms with Crippen LogP contribution in [0.5, 0.6) is 0 Å². The fourth-order valence-electron chi connectivity index (χ4n) is 3.29. The van der Waals surface area contributed by atoms with Crippen LogP contribution in [0, 0.1) is 10.1 Å². The molecule has 6 nitrogen and oxygen atoms in total. The molecule has 0 radical (unpaired) electrons. The maximum absolute atomic E-state index is 11.0. The van der Waals surface area contributed by atoms with E-state index in [9.17, 15) is 10.1 Å². The Morgan fingerprint density at radius 1 is 1.32 bits per heavy atom. The van der Waals surface area contributed by atoms with Gasteiger partial charge in [0.15, 0.2) is 0 Å². The lowest BCUT2D eigenvalue weighted by Crippen LogP contribution is -2.50. The van der Waals surface area contributed by atoms with Gasteiger partial charge in [0.2, 0.25) is 0 Å². The second-order valence-corrected chi connectivity index (χ2v) is 6.41. The van der Waals surface area contributed by atoms with Crippen LogP contribution < -0.4 is 5.32 Å². The summed E-state index contributed by atoms with van der Waals surface area (Å²) >= 11 is 5.86. The van der Waals surface area contributed by atoms with Crippen LogP contribution in [0.1, 0.15) is 12.0 Å². The third-order valence-electron chi connectivity index (χ3n) is 4.57. The van der Waals surface area contributed by atoms with Gasteiger partial charge < -0.3 is 5.32 Å². The lowest BCUT2D eigenvalue weighted by atomic mass is 10.1. The molecule has 2 aliphatic rings. The maximum Gasteiger partial charge on any atom is 0.288 e. The van der Waals surface area contributed by atoms with Crippen molar-refractivity contribution in [2.24, 2.45) is 0 Å². The molecular formula is C15H21ClN4O2. The van der Waals surface area contributed by atoms with Gasteiger partial charge in [-0.3, -0.25) is 19.9 Å². The molecular weight excluding hydrogens is 304 g/mol. The Morgan fingerprint density at radius 2 is 2.09 bits per heavy atom. The van der Waals surface area contributed by atoms with Crippen LogP contribution in [-0.4, -0.2) is 60.0 Å². The Balaban J connectivity index is 1.56. The lowest BCUT2D eigenvalue weighted by molar-refractivity contribution is -0.384. The molecule has 0 spiro atoms. The van der Waals surface area contributed by atoms with Gasteiger partial charge in [0.05, 0.1) is 4.92 Å². The van der Waals surface area contributed by atoms with Crippen molar-refractivity contribution in [2.75, 3.05) is 39.3 Å². The molecule has 7 heteroatoms. The van der Waals surface area contributed by atoms with Crippen LogP contribution in [0.25, 0.3) is 0 Å². The number of halogens is 1. The van der Waals surface area contributed by atoms with Gasteiger partial charge in [-0.1, -0.05) is 17.7 Å². The van der Waals surface area contributed by atoms with Crippen molar-refractivity contribution in [3.05, 3.63) is 38.9 Å². The summed E-state index contributed by atoms with van der Waals surface area (Å²) in [6, 6.07) is 5.77. The van der Waals surface area contributed by atoms with Crippen molar-refractivity contribution in [3.8, 4) is 0 Å². The van der Waals surface area contributed by atoms with Gasteiger partial charge in [0.1, 0.15) is 5.02 Å². The molecule has 120 valence electrons. The molecule has 0 saturated carbocycles. The van der Waals surface area contributed by atoms with Crippen LogP contribution in [0.15, 0.2) is 18.2 Å². The summed E-state index contributed by atoms with van der Waals surface area (Å²) < 4.78 is 0. The number of rotatable bonds is 4. The first-order valence-corrected chi connectivity index (χ1v) is 8.11. The van der Waals surface area contributed by atoms with Crippen molar-refractivity contribution >= 4 is 17.3 Å². The van der Waals surface area contributed by atoms with Crippen LogP contribution in [0.3, 0.4) is 0 Å². The Labute approximate surface area is 135 Å². The summed E-state index contributed by atoms with van der Waals surface area (Å²) in [5.41, 5.74) is 0.946. The molecule has 0 amide bonds. The number of hydrogen-bond donors (Lipinski definition) is 1. The highest BCUT2D eigenvalue weighted by molar-refractivity contribution is 6.32.